The maximum absolute atomic E-state index is 9.19. The molecule has 13 heavy (non-hydrogen) atoms. The van der Waals surface area contributed by atoms with Gasteiger partial charge in [-0.25, -0.2) is 0 Å². The first-order valence-corrected chi connectivity index (χ1v) is 4.42. The normalized spacial score (nSPS) is 7.00. The van der Waals surface area contributed by atoms with E-state index >= 15 is 0 Å². The van der Waals surface area contributed by atoms with Crippen molar-refractivity contribution in [3.63, 3.8) is 0 Å². The predicted molar refractivity (Wildman–Crippen MR) is 45.7 cm³/mol. The van der Waals surface area contributed by atoms with E-state index in [1.165, 1.54) is 6.92 Å². The maximum atomic E-state index is 9.19. The smallest absolute Gasteiger partial charge is 0.300 e. The van der Waals surface area contributed by atoms with E-state index in [-0.39, 0.29) is 5.48 Å². The summed E-state index contributed by atoms with van der Waals surface area (Å²) in [6.07, 6.45) is 0.715. The molecule has 0 rings (SSSR count). The van der Waals surface area contributed by atoms with Crippen molar-refractivity contribution in [1.82, 2.24) is 0 Å². The summed E-state index contributed by atoms with van der Waals surface area (Å²) in [4.78, 5) is 9.00. The highest BCUT2D eigenvalue weighted by molar-refractivity contribution is 7.85. The summed E-state index contributed by atoms with van der Waals surface area (Å²) in [5, 5.41) is 14.7. The summed E-state index contributed by atoms with van der Waals surface area (Å²) < 4.78 is 25.9. The highest BCUT2D eigenvalue weighted by atomic mass is 32.2. The van der Waals surface area contributed by atoms with E-state index in [9.17, 15) is 8.42 Å². The minimum Gasteiger partial charge on any atom is -0.481 e. The third-order valence-corrected chi connectivity index (χ3v) is 0. The van der Waals surface area contributed by atoms with Crippen molar-refractivity contribution in [3.8, 4) is 6.07 Å². The monoisotopic (exact) mass is 215 g/mol. The van der Waals surface area contributed by atoms with Gasteiger partial charge in [0.1, 0.15) is 0 Å². The van der Waals surface area contributed by atoms with Crippen LogP contribution in [0.2, 0.25) is 0 Å². The van der Waals surface area contributed by atoms with Crippen molar-refractivity contribution >= 4 is 16.1 Å². The molecule has 0 bridgehead atoms. The van der Waals surface area contributed by atoms with Gasteiger partial charge in [0.15, 0.2) is 0 Å². The first-order valence-electron chi connectivity index (χ1n) is 2.58. The van der Waals surface area contributed by atoms with Crippen LogP contribution in [0.4, 0.5) is 0 Å². The van der Waals surface area contributed by atoms with Gasteiger partial charge in [-0.3, -0.25) is 9.35 Å². The van der Waals surface area contributed by atoms with Crippen LogP contribution >= 0.6 is 0 Å². The minimum absolute atomic E-state index is 0. The van der Waals surface area contributed by atoms with Gasteiger partial charge in [0.05, 0.1) is 12.3 Å². The molecule has 0 heterocycles. The fourth-order valence-corrected chi connectivity index (χ4v) is 0. The van der Waals surface area contributed by atoms with E-state index in [1.54, 1.807) is 6.07 Å². The van der Waals surface area contributed by atoms with Crippen LogP contribution in [0.1, 0.15) is 13.8 Å². The lowest BCUT2D eigenvalue weighted by atomic mass is 10.9. The number of nitrogens with zero attached hydrogens (tertiary/aromatic N) is 1. The Hall–Kier alpha value is -1.17. The number of carboxylic acids is 1. The number of carbonyl (C=O) groups is 1. The Bertz CT molecular complexity index is 226. The Kier molecular flexibility index (Phi) is 23.4. The molecule has 0 radical (unpaired) electrons. The Morgan fingerprint density at radius 2 is 1.46 bits per heavy atom. The van der Waals surface area contributed by atoms with E-state index in [0.29, 0.717) is 6.26 Å². The average molecular weight is 215 g/mol. The topological polar surface area (TPSA) is 147 Å². The van der Waals surface area contributed by atoms with Crippen molar-refractivity contribution in [1.29, 1.82) is 5.26 Å². The second kappa shape index (κ2) is 13.4. The molecule has 8 heteroatoms. The summed E-state index contributed by atoms with van der Waals surface area (Å²) in [5.74, 6) is -0.833. The molecule has 4 N–H and O–H groups in total. The molecule has 7 nitrogen and oxygen atoms in total. The standard InChI is InChI=1S/C2H3N.C2H4O2.CH4O3S.H2O/c1-2-3;1-2(3)4;1-5(2,3)4;/h1H3;1H3,(H,3,4);1H3,(H,2,3,4);1H2. The first-order chi connectivity index (χ1) is 5.15. The van der Waals surface area contributed by atoms with Crippen LogP contribution in [0.5, 0.6) is 0 Å². The summed E-state index contributed by atoms with van der Waals surface area (Å²) in [6.45, 7) is 2.51. The third-order valence-electron chi connectivity index (χ3n) is 0. The molecule has 0 spiro atoms. The molecule has 0 fully saturated rings. The number of carboxylic acid groups (broad SMARTS) is 1. The lowest BCUT2D eigenvalue weighted by molar-refractivity contribution is -0.134. The van der Waals surface area contributed by atoms with Gasteiger partial charge in [-0.1, -0.05) is 0 Å². The average Bonchev–Trinajstić information content (AvgIpc) is 1.56. The van der Waals surface area contributed by atoms with Crippen LogP contribution in [-0.2, 0) is 14.9 Å². The molecule has 0 saturated carbocycles. The van der Waals surface area contributed by atoms with E-state index in [1.807, 2.05) is 0 Å². The van der Waals surface area contributed by atoms with Gasteiger partial charge in [-0.15, -0.1) is 0 Å². The van der Waals surface area contributed by atoms with Crippen LogP contribution in [-0.4, -0.2) is 35.8 Å². The number of hydrogen-bond donors (Lipinski definition) is 2. The van der Waals surface area contributed by atoms with Gasteiger partial charge in [0, 0.05) is 13.8 Å². The molecule has 0 aromatic heterocycles. The Morgan fingerprint density at radius 3 is 1.46 bits per heavy atom. The molecule has 0 atom stereocenters. The zero-order valence-electron chi connectivity index (χ0n) is 7.47. The van der Waals surface area contributed by atoms with Gasteiger partial charge in [-0.05, 0) is 0 Å². The Balaban J connectivity index is -0.0000000465. The van der Waals surface area contributed by atoms with Crippen LogP contribution in [0, 0.1) is 11.3 Å². The van der Waals surface area contributed by atoms with E-state index in [4.69, 9.17) is 19.7 Å². The second-order valence-electron chi connectivity index (χ2n) is 1.48. The molecular weight excluding hydrogens is 202 g/mol. The highest BCUT2D eigenvalue weighted by Gasteiger charge is 1.81. The molecule has 0 aromatic carbocycles. The number of hydrogen-bond acceptors (Lipinski definition) is 4. The van der Waals surface area contributed by atoms with Crippen molar-refractivity contribution in [3.05, 3.63) is 0 Å². The minimum atomic E-state index is -3.67. The van der Waals surface area contributed by atoms with Crippen LogP contribution < -0.4 is 0 Å². The largest absolute Gasteiger partial charge is 0.481 e. The zero-order chi connectivity index (χ0) is 10.8. The van der Waals surface area contributed by atoms with E-state index in [0.717, 1.165) is 6.92 Å². The van der Waals surface area contributed by atoms with Crippen molar-refractivity contribution < 1.29 is 28.3 Å². The molecule has 0 aromatic rings. The van der Waals surface area contributed by atoms with Crippen molar-refractivity contribution in [2.24, 2.45) is 0 Å². The lowest BCUT2D eigenvalue weighted by Gasteiger charge is -1.69. The number of nitriles is 1. The maximum Gasteiger partial charge on any atom is 0.300 e. The summed E-state index contributed by atoms with van der Waals surface area (Å²) in [5.41, 5.74) is 0. The quantitative estimate of drug-likeness (QED) is 0.510. The highest BCUT2D eigenvalue weighted by Crippen LogP contribution is 1.60. The first kappa shape index (κ1) is 22.6. The predicted octanol–water partition coefficient (Wildman–Crippen LogP) is -0.700. The van der Waals surface area contributed by atoms with Crippen LogP contribution in [0.3, 0.4) is 0 Å². The molecule has 0 aliphatic heterocycles. The fourth-order valence-electron chi connectivity index (χ4n) is 0. The molecular formula is C5H13NO6S. The molecule has 0 saturated heterocycles. The summed E-state index contributed by atoms with van der Waals surface area (Å²) in [6, 6.07) is 1.75. The zero-order valence-corrected chi connectivity index (χ0v) is 8.29. The molecule has 0 aliphatic rings. The van der Waals surface area contributed by atoms with Gasteiger partial charge >= 0.3 is 0 Å². The molecule has 0 amide bonds. The van der Waals surface area contributed by atoms with Gasteiger partial charge < -0.3 is 10.6 Å². The van der Waals surface area contributed by atoms with Crippen molar-refractivity contribution in [2.75, 3.05) is 6.26 Å². The lowest BCUT2D eigenvalue weighted by Crippen LogP contribution is -1.88. The van der Waals surface area contributed by atoms with Gasteiger partial charge in [0.25, 0.3) is 16.1 Å². The SMILES string of the molecule is CC#N.CC(=O)O.CS(=O)(=O)O.O. The fraction of sp³-hybridized carbons (Fsp3) is 0.600. The molecule has 0 aliphatic carbocycles. The van der Waals surface area contributed by atoms with Crippen LogP contribution in [0.25, 0.3) is 0 Å². The third kappa shape index (κ3) is 617. The van der Waals surface area contributed by atoms with Crippen LogP contribution in [0.15, 0.2) is 0 Å². The molecule has 0 unspecified atom stereocenters. The number of rotatable bonds is 0. The Labute approximate surface area is 76.7 Å². The summed E-state index contributed by atoms with van der Waals surface area (Å²) in [7, 11) is -3.67. The van der Waals surface area contributed by atoms with E-state index in [2.05, 4.69) is 0 Å². The van der Waals surface area contributed by atoms with Gasteiger partial charge in [0.2, 0.25) is 0 Å². The summed E-state index contributed by atoms with van der Waals surface area (Å²) >= 11 is 0. The van der Waals surface area contributed by atoms with Gasteiger partial charge in [-0.2, -0.15) is 13.7 Å². The van der Waals surface area contributed by atoms with E-state index < -0.39 is 16.1 Å². The number of aliphatic carboxylic acids is 1. The second-order valence-corrected chi connectivity index (χ2v) is 2.94. The molecule has 80 valence electrons. The Morgan fingerprint density at radius 1 is 1.46 bits per heavy atom. The van der Waals surface area contributed by atoms with Crippen molar-refractivity contribution in [2.45, 2.75) is 13.8 Å².